The number of rotatable bonds is 1. The fraction of sp³-hybridized carbons (Fsp3) is 0.368. The second kappa shape index (κ2) is 6.24. The summed E-state index contributed by atoms with van der Waals surface area (Å²) in [6, 6.07) is 6.79. The number of hydrogen-bond donors (Lipinski definition) is 1. The largest absolute Gasteiger partial charge is 0.447 e. The fourth-order valence-corrected chi connectivity index (χ4v) is 6.24. The maximum atomic E-state index is 13.7. The highest BCUT2D eigenvalue weighted by Gasteiger charge is 2.43. The van der Waals surface area contributed by atoms with E-state index in [2.05, 4.69) is 5.32 Å². The Morgan fingerprint density at radius 1 is 1.26 bits per heavy atom. The number of nitrogens with one attached hydrogen (secondary N) is 1. The average Bonchev–Trinajstić information content (AvgIpc) is 3.26. The molecule has 0 saturated carbocycles. The molecule has 1 N–H and O–H groups in total. The number of thioether (sulfide) groups is 1. The van der Waals surface area contributed by atoms with Crippen LogP contribution in [0.1, 0.15) is 28.1 Å². The number of hydrogen-bond acceptors (Lipinski definition) is 5. The summed E-state index contributed by atoms with van der Waals surface area (Å²) in [5.74, 6) is 0.549. The molecule has 5 nitrogen and oxygen atoms in total. The number of nitrogens with zero attached hydrogens (tertiary/aromatic N) is 1. The van der Waals surface area contributed by atoms with Crippen LogP contribution in [-0.2, 0) is 10.5 Å². The van der Waals surface area contributed by atoms with Crippen LogP contribution in [0.2, 0.25) is 0 Å². The summed E-state index contributed by atoms with van der Waals surface area (Å²) in [6.07, 6.45) is 1.02. The van der Waals surface area contributed by atoms with Gasteiger partial charge in [-0.3, -0.25) is 4.79 Å². The van der Waals surface area contributed by atoms with E-state index in [1.54, 1.807) is 17.8 Å². The molecule has 1 aromatic heterocycles. The van der Waals surface area contributed by atoms with E-state index in [9.17, 15) is 14.0 Å². The molecule has 140 valence electrons. The van der Waals surface area contributed by atoms with Gasteiger partial charge in [-0.25, -0.2) is 9.18 Å². The van der Waals surface area contributed by atoms with Crippen LogP contribution >= 0.6 is 23.1 Å². The quantitative estimate of drug-likeness (QED) is 0.784. The topological polar surface area (TPSA) is 58.6 Å². The third-order valence-corrected chi connectivity index (χ3v) is 7.76. The fourth-order valence-electron chi connectivity index (χ4n) is 3.89. The van der Waals surface area contributed by atoms with Crippen LogP contribution in [0.15, 0.2) is 29.2 Å². The first kappa shape index (κ1) is 17.1. The number of carbonyl (C=O) groups is 2. The summed E-state index contributed by atoms with van der Waals surface area (Å²) in [5.41, 5.74) is 1.65. The van der Waals surface area contributed by atoms with Crippen molar-refractivity contribution in [3.8, 4) is 10.4 Å². The van der Waals surface area contributed by atoms with Gasteiger partial charge in [0.15, 0.2) is 0 Å². The first-order valence-corrected chi connectivity index (χ1v) is 10.6. The SMILES string of the molecule is O=C1NC2(CCN(C(=O)c3cc4c(s3)-c3cc(F)ccc3SC4)CC2)CO1. The molecule has 0 aliphatic carbocycles. The van der Waals surface area contributed by atoms with Crippen LogP contribution in [-0.4, -0.2) is 42.1 Å². The van der Waals surface area contributed by atoms with E-state index >= 15 is 0 Å². The van der Waals surface area contributed by atoms with Gasteiger partial charge in [0, 0.05) is 34.2 Å². The third kappa shape index (κ3) is 2.91. The number of ether oxygens (including phenoxy) is 1. The highest BCUT2D eigenvalue weighted by molar-refractivity contribution is 7.98. The van der Waals surface area contributed by atoms with Crippen molar-refractivity contribution >= 4 is 35.1 Å². The van der Waals surface area contributed by atoms with Gasteiger partial charge in [0.2, 0.25) is 0 Å². The number of amides is 2. The maximum Gasteiger partial charge on any atom is 0.407 e. The number of benzene rings is 1. The van der Waals surface area contributed by atoms with Gasteiger partial charge in [-0.15, -0.1) is 23.1 Å². The molecule has 0 unspecified atom stereocenters. The number of carbonyl (C=O) groups excluding carboxylic acids is 2. The molecule has 2 fully saturated rings. The summed E-state index contributed by atoms with van der Waals surface area (Å²) in [6.45, 7) is 1.55. The highest BCUT2D eigenvalue weighted by Crippen LogP contribution is 2.46. The van der Waals surface area contributed by atoms with E-state index in [4.69, 9.17) is 4.74 Å². The second-order valence-electron chi connectivity index (χ2n) is 7.17. The number of alkyl carbamates (subject to hydrolysis) is 1. The molecule has 4 heterocycles. The molecule has 2 saturated heterocycles. The van der Waals surface area contributed by atoms with Crippen LogP contribution in [0.4, 0.5) is 9.18 Å². The molecular formula is C19H17FN2O3S2. The smallest absolute Gasteiger partial charge is 0.407 e. The van der Waals surface area contributed by atoms with Gasteiger partial charge in [0.05, 0.1) is 10.4 Å². The molecule has 1 aromatic carbocycles. The Morgan fingerprint density at radius 2 is 2.07 bits per heavy atom. The van der Waals surface area contributed by atoms with Crippen LogP contribution < -0.4 is 5.32 Å². The van der Waals surface area contributed by atoms with Crippen LogP contribution in [0.25, 0.3) is 10.4 Å². The number of cyclic esters (lactones) is 1. The molecule has 2 amide bonds. The van der Waals surface area contributed by atoms with Gasteiger partial charge in [-0.2, -0.15) is 0 Å². The first-order valence-electron chi connectivity index (χ1n) is 8.83. The number of thiophene rings is 1. The minimum Gasteiger partial charge on any atom is -0.447 e. The molecule has 0 atom stereocenters. The van der Waals surface area contributed by atoms with Gasteiger partial charge in [0.1, 0.15) is 12.4 Å². The lowest BCUT2D eigenvalue weighted by molar-refractivity contribution is 0.0648. The maximum absolute atomic E-state index is 13.7. The van der Waals surface area contributed by atoms with Gasteiger partial charge < -0.3 is 15.0 Å². The Hall–Kier alpha value is -2.06. The summed E-state index contributed by atoms with van der Waals surface area (Å²) in [5, 5.41) is 2.89. The lowest BCUT2D eigenvalue weighted by Crippen LogP contribution is -2.53. The van der Waals surface area contributed by atoms with Crippen molar-refractivity contribution in [3.63, 3.8) is 0 Å². The lowest BCUT2D eigenvalue weighted by Gasteiger charge is -2.37. The van der Waals surface area contributed by atoms with Gasteiger partial charge >= 0.3 is 6.09 Å². The molecule has 0 bridgehead atoms. The van der Waals surface area contributed by atoms with Crippen molar-refractivity contribution in [2.45, 2.75) is 29.0 Å². The Bertz CT molecular complexity index is 950. The van der Waals surface area contributed by atoms with E-state index < -0.39 is 0 Å². The Morgan fingerprint density at radius 3 is 2.81 bits per heavy atom. The molecule has 3 aliphatic rings. The van der Waals surface area contributed by atoms with Crippen molar-refractivity contribution in [1.29, 1.82) is 0 Å². The number of halogens is 1. The van der Waals surface area contributed by atoms with E-state index in [1.807, 2.05) is 17.0 Å². The Kier molecular flexibility index (Phi) is 3.94. The van der Waals surface area contributed by atoms with E-state index in [0.717, 1.165) is 26.7 Å². The van der Waals surface area contributed by atoms with Crippen molar-refractivity contribution in [1.82, 2.24) is 10.2 Å². The number of fused-ring (bicyclic) bond motifs is 3. The lowest BCUT2D eigenvalue weighted by atomic mass is 9.89. The van der Waals surface area contributed by atoms with E-state index in [1.165, 1.54) is 17.4 Å². The molecule has 2 aromatic rings. The number of piperidine rings is 1. The predicted octanol–water partition coefficient (Wildman–Crippen LogP) is 3.87. The average molecular weight is 404 g/mol. The zero-order chi connectivity index (χ0) is 18.6. The van der Waals surface area contributed by atoms with Crippen molar-refractivity contribution < 1.29 is 18.7 Å². The zero-order valence-corrected chi connectivity index (χ0v) is 16.1. The van der Waals surface area contributed by atoms with Gasteiger partial charge in [0.25, 0.3) is 5.91 Å². The normalized spacial score (nSPS) is 20.0. The van der Waals surface area contributed by atoms with Crippen molar-refractivity contribution in [2.75, 3.05) is 19.7 Å². The van der Waals surface area contributed by atoms with Gasteiger partial charge in [-0.05, 0) is 42.7 Å². The van der Waals surface area contributed by atoms with Crippen LogP contribution in [0, 0.1) is 5.82 Å². The molecule has 3 aliphatic heterocycles. The van der Waals surface area contributed by atoms with Crippen molar-refractivity contribution in [2.24, 2.45) is 0 Å². The Labute approximate surface area is 163 Å². The number of likely N-dealkylation sites (tertiary alicyclic amines) is 1. The Balaban J connectivity index is 1.36. The van der Waals surface area contributed by atoms with E-state index in [-0.39, 0.29) is 23.4 Å². The monoisotopic (exact) mass is 404 g/mol. The second-order valence-corrected chi connectivity index (χ2v) is 9.24. The predicted molar refractivity (Wildman–Crippen MR) is 102 cm³/mol. The van der Waals surface area contributed by atoms with Crippen molar-refractivity contribution in [3.05, 3.63) is 40.5 Å². The summed E-state index contributed by atoms with van der Waals surface area (Å²) in [7, 11) is 0. The van der Waals surface area contributed by atoms with Crippen LogP contribution in [0.3, 0.4) is 0 Å². The van der Waals surface area contributed by atoms with Gasteiger partial charge in [-0.1, -0.05) is 0 Å². The molecular weight excluding hydrogens is 387 g/mol. The first-order chi connectivity index (χ1) is 13.0. The summed E-state index contributed by atoms with van der Waals surface area (Å²) < 4.78 is 18.7. The van der Waals surface area contributed by atoms with E-state index in [0.29, 0.717) is 37.4 Å². The highest BCUT2D eigenvalue weighted by atomic mass is 32.2. The minimum atomic E-state index is -0.371. The summed E-state index contributed by atoms with van der Waals surface area (Å²) >= 11 is 3.12. The standard InChI is InChI=1S/C19H17FN2O3S2/c20-12-1-2-14-13(8-12)16-11(9-26-14)7-15(27-16)17(23)22-5-3-19(4-6-22)10-25-18(24)21-19/h1-2,7-8H,3-6,9-10H2,(H,21,24). The zero-order valence-electron chi connectivity index (χ0n) is 14.4. The molecule has 0 radical (unpaired) electrons. The molecule has 5 rings (SSSR count). The molecule has 8 heteroatoms. The third-order valence-electron chi connectivity index (χ3n) is 5.44. The minimum absolute atomic E-state index is 0.0115. The molecule has 1 spiro atoms. The van der Waals surface area contributed by atoms with Crippen LogP contribution in [0.5, 0.6) is 0 Å². The molecule has 27 heavy (non-hydrogen) atoms. The summed E-state index contributed by atoms with van der Waals surface area (Å²) in [4.78, 5) is 28.9.